The van der Waals surface area contributed by atoms with Gasteiger partial charge in [-0.25, -0.2) is 9.67 Å². The minimum Gasteiger partial charge on any atom is -0.497 e. The van der Waals surface area contributed by atoms with Gasteiger partial charge in [-0.15, -0.1) is 0 Å². The van der Waals surface area contributed by atoms with Crippen LogP contribution in [0, 0.1) is 0 Å². The monoisotopic (exact) mass is 375 g/mol. The van der Waals surface area contributed by atoms with Crippen LogP contribution < -0.4 is 14.5 Å². The van der Waals surface area contributed by atoms with Gasteiger partial charge in [-0.05, 0) is 49.2 Å². The standard InChI is InChI=1S/C21H21N5O2/c1-28-17-7-4-15(5-8-17)25-14-19-18(21(25)27)13-26(23-19)16-6-9-20(22-12-16)24-10-2-3-11-24/h4-9,12-13H,2-3,10-11,14H2,1H3. The van der Waals surface area contributed by atoms with E-state index in [2.05, 4.69) is 15.0 Å². The first-order valence-corrected chi connectivity index (χ1v) is 9.49. The van der Waals surface area contributed by atoms with Crippen molar-refractivity contribution in [1.29, 1.82) is 0 Å². The SMILES string of the molecule is COc1ccc(N2Cc3nn(-c4ccc(N5CCCC5)nc4)cc3C2=O)cc1. The second-order valence-electron chi connectivity index (χ2n) is 7.09. The number of carbonyl (C=O) groups is 1. The Morgan fingerprint density at radius 1 is 1.00 bits per heavy atom. The first-order valence-electron chi connectivity index (χ1n) is 9.49. The van der Waals surface area contributed by atoms with Crippen molar-refractivity contribution in [3.05, 3.63) is 60.0 Å². The van der Waals surface area contributed by atoms with E-state index in [-0.39, 0.29) is 5.91 Å². The lowest BCUT2D eigenvalue weighted by molar-refractivity contribution is 0.0996. The number of benzene rings is 1. The van der Waals surface area contributed by atoms with Crippen LogP contribution in [0.4, 0.5) is 11.5 Å². The predicted octanol–water partition coefficient (Wildman–Crippen LogP) is 3.04. The van der Waals surface area contributed by atoms with Crippen LogP contribution in [0.2, 0.25) is 0 Å². The highest BCUT2D eigenvalue weighted by atomic mass is 16.5. The first-order chi connectivity index (χ1) is 13.7. The van der Waals surface area contributed by atoms with E-state index in [1.165, 1.54) is 12.8 Å². The molecule has 0 saturated carbocycles. The zero-order chi connectivity index (χ0) is 19.1. The topological polar surface area (TPSA) is 63.5 Å². The Kier molecular flexibility index (Phi) is 4.00. The normalized spacial score (nSPS) is 16.0. The summed E-state index contributed by atoms with van der Waals surface area (Å²) in [4.78, 5) is 21.4. The van der Waals surface area contributed by atoms with Gasteiger partial charge in [-0.3, -0.25) is 4.79 Å². The number of amides is 1. The fourth-order valence-electron chi connectivity index (χ4n) is 3.82. The number of pyridine rings is 1. The van der Waals surface area contributed by atoms with Gasteiger partial charge in [0.25, 0.3) is 5.91 Å². The molecular formula is C21H21N5O2. The number of carbonyl (C=O) groups excluding carboxylic acids is 1. The number of hydrogen-bond donors (Lipinski definition) is 0. The van der Waals surface area contributed by atoms with Crippen molar-refractivity contribution in [3.8, 4) is 11.4 Å². The van der Waals surface area contributed by atoms with Crippen molar-refractivity contribution >= 4 is 17.4 Å². The minimum absolute atomic E-state index is 0.0342. The first kappa shape index (κ1) is 16.8. The molecule has 0 N–H and O–H groups in total. The summed E-state index contributed by atoms with van der Waals surface area (Å²) in [7, 11) is 1.63. The number of hydrogen-bond acceptors (Lipinski definition) is 5. The molecule has 5 rings (SSSR count). The number of ether oxygens (including phenoxy) is 1. The maximum Gasteiger partial charge on any atom is 0.262 e. The molecule has 2 aromatic heterocycles. The Bertz CT molecular complexity index is 1000. The molecule has 0 aliphatic carbocycles. The van der Waals surface area contributed by atoms with E-state index in [0.29, 0.717) is 12.1 Å². The third-order valence-corrected chi connectivity index (χ3v) is 5.39. The summed E-state index contributed by atoms with van der Waals surface area (Å²) in [5, 5.41) is 4.62. The molecule has 142 valence electrons. The van der Waals surface area contributed by atoms with E-state index >= 15 is 0 Å². The molecule has 0 unspecified atom stereocenters. The molecule has 0 bridgehead atoms. The third-order valence-electron chi connectivity index (χ3n) is 5.39. The quantitative estimate of drug-likeness (QED) is 0.701. The second-order valence-corrected chi connectivity index (χ2v) is 7.09. The summed E-state index contributed by atoms with van der Waals surface area (Å²) in [5.74, 6) is 1.74. The van der Waals surface area contributed by atoms with Crippen molar-refractivity contribution in [2.45, 2.75) is 19.4 Å². The van der Waals surface area contributed by atoms with Gasteiger partial charge in [0.1, 0.15) is 11.6 Å². The van der Waals surface area contributed by atoms with E-state index in [9.17, 15) is 4.79 Å². The molecule has 2 aliphatic heterocycles. The molecule has 28 heavy (non-hydrogen) atoms. The summed E-state index contributed by atoms with van der Waals surface area (Å²) in [6.45, 7) is 2.60. The van der Waals surface area contributed by atoms with Crippen molar-refractivity contribution in [3.63, 3.8) is 0 Å². The van der Waals surface area contributed by atoms with Crippen LogP contribution in [-0.2, 0) is 6.54 Å². The summed E-state index contributed by atoms with van der Waals surface area (Å²) in [6.07, 6.45) is 6.07. The van der Waals surface area contributed by atoms with Crippen molar-refractivity contribution < 1.29 is 9.53 Å². The molecule has 0 atom stereocenters. The Morgan fingerprint density at radius 3 is 2.39 bits per heavy atom. The summed E-state index contributed by atoms with van der Waals surface area (Å²) >= 11 is 0. The van der Waals surface area contributed by atoms with Gasteiger partial charge >= 0.3 is 0 Å². The molecule has 4 heterocycles. The van der Waals surface area contributed by atoms with E-state index in [4.69, 9.17) is 4.74 Å². The largest absolute Gasteiger partial charge is 0.497 e. The lowest BCUT2D eigenvalue weighted by Crippen LogP contribution is -2.23. The molecule has 2 aliphatic rings. The molecule has 0 spiro atoms. The van der Waals surface area contributed by atoms with Crippen LogP contribution >= 0.6 is 0 Å². The van der Waals surface area contributed by atoms with E-state index in [1.54, 1.807) is 22.9 Å². The van der Waals surface area contributed by atoms with E-state index < -0.39 is 0 Å². The smallest absolute Gasteiger partial charge is 0.262 e. The van der Waals surface area contributed by atoms with Crippen molar-refractivity contribution in [2.75, 3.05) is 30.0 Å². The van der Waals surface area contributed by atoms with Gasteiger partial charge in [0.05, 0.1) is 36.8 Å². The maximum absolute atomic E-state index is 12.8. The third kappa shape index (κ3) is 2.79. The number of nitrogens with zero attached hydrogens (tertiary/aromatic N) is 5. The maximum atomic E-state index is 12.8. The van der Waals surface area contributed by atoms with E-state index in [0.717, 1.165) is 41.7 Å². The minimum atomic E-state index is -0.0342. The molecular weight excluding hydrogens is 354 g/mol. The Balaban J connectivity index is 1.36. The summed E-state index contributed by atoms with van der Waals surface area (Å²) in [6, 6.07) is 11.5. The summed E-state index contributed by atoms with van der Waals surface area (Å²) < 4.78 is 6.93. The average Bonchev–Trinajstić information content (AvgIpc) is 3.47. The summed E-state index contributed by atoms with van der Waals surface area (Å²) in [5.41, 5.74) is 3.12. The van der Waals surface area contributed by atoms with Crippen LogP contribution in [-0.4, -0.2) is 40.9 Å². The van der Waals surface area contributed by atoms with Crippen LogP contribution in [0.15, 0.2) is 48.8 Å². The number of rotatable bonds is 4. The van der Waals surface area contributed by atoms with E-state index in [1.807, 2.05) is 42.6 Å². The fourth-order valence-corrected chi connectivity index (χ4v) is 3.82. The van der Waals surface area contributed by atoms with Gasteiger partial charge in [0, 0.05) is 25.0 Å². The molecule has 1 aromatic carbocycles. The number of fused-ring (bicyclic) bond motifs is 1. The number of anilines is 2. The highest BCUT2D eigenvalue weighted by molar-refractivity contribution is 6.09. The van der Waals surface area contributed by atoms with Crippen LogP contribution in [0.3, 0.4) is 0 Å². The second kappa shape index (κ2) is 6.67. The van der Waals surface area contributed by atoms with Crippen LogP contribution in [0.25, 0.3) is 5.69 Å². The van der Waals surface area contributed by atoms with Gasteiger partial charge in [0.15, 0.2) is 0 Å². The molecule has 1 fully saturated rings. The van der Waals surface area contributed by atoms with Gasteiger partial charge in [-0.1, -0.05) is 0 Å². The highest BCUT2D eigenvalue weighted by Gasteiger charge is 2.32. The van der Waals surface area contributed by atoms with Crippen LogP contribution in [0.1, 0.15) is 28.9 Å². The van der Waals surface area contributed by atoms with Gasteiger partial charge < -0.3 is 14.5 Å². The molecule has 3 aromatic rings. The Morgan fingerprint density at radius 2 is 1.75 bits per heavy atom. The van der Waals surface area contributed by atoms with Crippen LogP contribution in [0.5, 0.6) is 5.75 Å². The van der Waals surface area contributed by atoms with Gasteiger partial charge in [0.2, 0.25) is 0 Å². The molecule has 7 heteroatoms. The zero-order valence-corrected chi connectivity index (χ0v) is 15.7. The zero-order valence-electron chi connectivity index (χ0n) is 15.7. The molecule has 7 nitrogen and oxygen atoms in total. The Hall–Kier alpha value is -3.35. The number of methoxy groups -OCH3 is 1. The van der Waals surface area contributed by atoms with Gasteiger partial charge in [-0.2, -0.15) is 5.10 Å². The lowest BCUT2D eigenvalue weighted by atomic mass is 10.2. The average molecular weight is 375 g/mol. The van der Waals surface area contributed by atoms with Crippen molar-refractivity contribution in [2.24, 2.45) is 0 Å². The lowest BCUT2D eigenvalue weighted by Gasteiger charge is -2.17. The molecule has 0 radical (unpaired) electrons. The fraction of sp³-hybridized carbons (Fsp3) is 0.286. The Labute approximate surface area is 163 Å². The van der Waals surface area contributed by atoms with Crippen molar-refractivity contribution in [1.82, 2.24) is 14.8 Å². The number of aromatic nitrogens is 3. The molecule has 1 amide bonds. The predicted molar refractivity (Wildman–Crippen MR) is 106 cm³/mol. The molecule has 1 saturated heterocycles. The highest BCUT2D eigenvalue weighted by Crippen LogP contribution is 2.29.